The van der Waals surface area contributed by atoms with Gasteiger partial charge in [0, 0.05) is 5.41 Å². The van der Waals surface area contributed by atoms with E-state index in [1.807, 2.05) is 0 Å². The second-order valence-electron chi connectivity index (χ2n) is 7.18. The summed E-state index contributed by atoms with van der Waals surface area (Å²) in [5.41, 5.74) is 6.24. The summed E-state index contributed by atoms with van der Waals surface area (Å²) in [5, 5.41) is 10.4. The quantitative estimate of drug-likeness (QED) is 0.845. The van der Waals surface area contributed by atoms with Crippen molar-refractivity contribution in [2.24, 2.45) is 11.3 Å². The topological polar surface area (TPSA) is 29.5 Å². The first-order chi connectivity index (χ1) is 10.1. The van der Waals surface area contributed by atoms with Crippen LogP contribution in [0.4, 0.5) is 0 Å². The molecule has 2 nitrogen and oxygen atoms in total. The van der Waals surface area contributed by atoms with Crippen molar-refractivity contribution in [2.75, 3.05) is 7.11 Å². The summed E-state index contributed by atoms with van der Waals surface area (Å²) in [7, 11) is 1.74. The maximum absolute atomic E-state index is 10.4. The van der Waals surface area contributed by atoms with Crippen molar-refractivity contribution in [1.29, 1.82) is 0 Å². The second-order valence-corrected chi connectivity index (χ2v) is 7.18. The van der Waals surface area contributed by atoms with Crippen molar-refractivity contribution in [3.8, 4) is 5.75 Å². The number of hydrogen-bond donors (Lipinski definition) is 1. The number of ether oxygens (including phenoxy) is 1. The Labute approximate surface area is 126 Å². The fraction of sp³-hybridized carbons (Fsp3) is 0.579. The summed E-state index contributed by atoms with van der Waals surface area (Å²) >= 11 is 0. The zero-order valence-electron chi connectivity index (χ0n) is 13.0. The van der Waals surface area contributed by atoms with Gasteiger partial charge < -0.3 is 9.84 Å². The summed E-state index contributed by atoms with van der Waals surface area (Å²) < 4.78 is 5.37. The number of methoxy groups -OCH3 is 1. The summed E-state index contributed by atoms with van der Waals surface area (Å²) in [4.78, 5) is 0. The third-order valence-corrected chi connectivity index (χ3v) is 6.31. The van der Waals surface area contributed by atoms with E-state index in [0.717, 1.165) is 31.4 Å². The predicted molar refractivity (Wildman–Crippen MR) is 84.3 cm³/mol. The van der Waals surface area contributed by atoms with Gasteiger partial charge in [0.2, 0.25) is 0 Å². The first-order valence-corrected chi connectivity index (χ1v) is 8.21. The Hall–Kier alpha value is -1.28. The van der Waals surface area contributed by atoms with Crippen molar-refractivity contribution in [3.05, 3.63) is 34.9 Å². The average molecular weight is 284 g/mol. The van der Waals surface area contributed by atoms with Crippen molar-refractivity contribution < 1.29 is 9.84 Å². The average Bonchev–Trinajstić information content (AvgIpc) is 2.82. The van der Waals surface area contributed by atoms with Gasteiger partial charge in [-0.05, 0) is 73.3 Å². The molecular formula is C19H24O2. The Bertz CT molecular complexity index is 616. The van der Waals surface area contributed by atoms with Gasteiger partial charge in [0.25, 0.3) is 0 Å². The van der Waals surface area contributed by atoms with E-state index in [1.165, 1.54) is 24.0 Å². The fourth-order valence-electron chi connectivity index (χ4n) is 4.99. The summed E-state index contributed by atoms with van der Waals surface area (Å²) in [6, 6.07) is 6.54. The lowest BCUT2D eigenvalue weighted by molar-refractivity contribution is 0.0379. The first kappa shape index (κ1) is 13.4. The van der Waals surface area contributed by atoms with E-state index < -0.39 is 0 Å². The number of rotatable bonds is 1. The molecule has 0 aromatic heterocycles. The Morgan fingerprint density at radius 3 is 2.86 bits per heavy atom. The van der Waals surface area contributed by atoms with Gasteiger partial charge in [-0.25, -0.2) is 0 Å². The molecule has 0 saturated heterocycles. The lowest BCUT2D eigenvalue weighted by atomic mass is 9.62. The first-order valence-electron chi connectivity index (χ1n) is 8.21. The Balaban J connectivity index is 1.79. The van der Waals surface area contributed by atoms with Gasteiger partial charge in [0.15, 0.2) is 0 Å². The van der Waals surface area contributed by atoms with E-state index in [1.54, 1.807) is 18.3 Å². The van der Waals surface area contributed by atoms with Crippen LogP contribution >= 0.6 is 0 Å². The summed E-state index contributed by atoms with van der Waals surface area (Å²) in [6.07, 6.45) is 6.59. The molecule has 0 heterocycles. The molecule has 2 heteroatoms. The largest absolute Gasteiger partial charge is 0.497 e. The number of aliphatic hydroxyl groups excluding tert-OH is 1. The molecule has 1 N–H and O–H groups in total. The molecule has 0 spiro atoms. The van der Waals surface area contributed by atoms with Gasteiger partial charge in [0.1, 0.15) is 5.75 Å². The van der Waals surface area contributed by atoms with Crippen LogP contribution in [0.25, 0.3) is 5.57 Å². The van der Waals surface area contributed by atoms with Crippen molar-refractivity contribution in [2.45, 2.75) is 51.6 Å². The van der Waals surface area contributed by atoms with Crippen molar-refractivity contribution in [3.63, 3.8) is 0 Å². The monoisotopic (exact) mass is 284 g/mol. The molecule has 0 amide bonds. The molecule has 21 heavy (non-hydrogen) atoms. The fourth-order valence-corrected chi connectivity index (χ4v) is 4.99. The van der Waals surface area contributed by atoms with Gasteiger partial charge in [-0.15, -0.1) is 0 Å². The van der Waals surface area contributed by atoms with E-state index in [0.29, 0.717) is 5.92 Å². The number of aliphatic hydroxyl groups is 1. The molecule has 2 unspecified atom stereocenters. The van der Waals surface area contributed by atoms with Gasteiger partial charge >= 0.3 is 0 Å². The molecule has 0 bridgehead atoms. The van der Waals surface area contributed by atoms with Crippen LogP contribution in [0.15, 0.2) is 23.8 Å². The van der Waals surface area contributed by atoms with Crippen LogP contribution in [0.3, 0.4) is 0 Å². The van der Waals surface area contributed by atoms with Crippen LogP contribution in [0, 0.1) is 11.3 Å². The molecule has 3 atom stereocenters. The van der Waals surface area contributed by atoms with Crippen LogP contribution in [0.5, 0.6) is 5.75 Å². The highest BCUT2D eigenvalue weighted by molar-refractivity contribution is 5.75. The molecule has 4 rings (SSSR count). The highest BCUT2D eigenvalue weighted by Gasteiger charge is 2.50. The summed E-state index contributed by atoms with van der Waals surface area (Å²) in [6.45, 7) is 2.31. The highest BCUT2D eigenvalue weighted by atomic mass is 16.5. The van der Waals surface area contributed by atoms with Crippen molar-refractivity contribution in [1.82, 2.24) is 0 Å². The number of fused-ring (bicyclic) bond motifs is 4. The Morgan fingerprint density at radius 2 is 2.05 bits per heavy atom. The zero-order valence-corrected chi connectivity index (χ0v) is 13.0. The van der Waals surface area contributed by atoms with Crippen LogP contribution in [-0.2, 0) is 6.42 Å². The van der Waals surface area contributed by atoms with Gasteiger partial charge in [-0.3, -0.25) is 0 Å². The van der Waals surface area contributed by atoms with E-state index in [4.69, 9.17) is 4.74 Å². The standard InChI is InChI=1S/C19H24O2/c1-19-10-9-15-14-6-4-13(21-2)11-12(14)3-5-16(15)17(19)7-8-18(19)20/h4,6,11,17-18,20H,3,5,7-10H2,1-2H3/t17?,18?,19-/m0/s1. The Morgan fingerprint density at radius 1 is 1.19 bits per heavy atom. The molecule has 1 fully saturated rings. The van der Waals surface area contributed by atoms with Gasteiger partial charge in [-0.2, -0.15) is 0 Å². The zero-order chi connectivity index (χ0) is 14.6. The number of benzene rings is 1. The third-order valence-electron chi connectivity index (χ3n) is 6.31. The third kappa shape index (κ3) is 1.81. The number of hydrogen-bond acceptors (Lipinski definition) is 2. The lowest BCUT2D eigenvalue weighted by Crippen LogP contribution is -2.37. The molecule has 112 valence electrons. The normalized spacial score (nSPS) is 34.2. The molecule has 1 aromatic carbocycles. The maximum atomic E-state index is 10.4. The molecule has 1 aromatic rings. The van der Waals surface area contributed by atoms with Gasteiger partial charge in [-0.1, -0.05) is 18.6 Å². The molecule has 0 aliphatic heterocycles. The predicted octanol–water partition coefficient (Wildman–Crippen LogP) is 3.97. The smallest absolute Gasteiger partial charge is 0.119 e. The molecule has 0 radical (unpaired) electrons. The summed E-state index contributed by atoms with van der Waals surface area (Å²) in [5.74, 6) is 1.57. The molecule has 1 saturated carbocycles. The molecule has 3 aliphatic rings. The number of aryl methyl sites for hydroxylation is 1. The van der Waals surface area contributed by atoms with Crippen LogP contribution in [-0.4, -0.2) is 18.3 Å². The van der Waals surface area contributed by atoms with E-state index >= 15 is 0 Å². The van der Waals surface area contributed by atoms with E-state index in [2.05, 4.69) is 25.1 Å². The van der Waals surface area contributed by atoms with Crippen molar-refractivity contribution >= 4 is 5.57 Å². The van der Waals surface area contributed by atoms with Crippen LogP contribution in [0.1, 0.15) is 50.2 Å². The SMILES string of the molecule is COc1ccc2c(c1)CCC1=C2CC[C@]2(C)C(O)CCC12. The highest BCUT2D eigenvalue weighted by Crippen LogP contribution is 2.58. The Kier molecular flexibility index (Phi) is 2.94. The van der Waals surface area contributed by atoms with Gasteiger partial charge in [0.05, 0.1) is 13.2 Å². The minimum Gasteiger partial charge on any atom is -0.497 e. The minimum atomic E-state index is -0.103. The van der Waals surface area contributed by atoms with E-state index in [-0.39, 0.29) is 11.5 Å². The lowest BCUT2D eigenvalue weighted by Gasteiger charge is -2.43. The number of allylic oxidation sites excluding steroid dienone is 2. The minimum absolute atomic E-state index is 0.103. The maximum Gasteiger partial charge on any atom is 0.119 e. The van der Waals surface area contributed by atoms with Crippen LogP contribution < -0.4 is 4.74 Å². The second kappa shape index (κ2) is 4.61. The molecule has 3 aliphatic carbocycles. The van der Waals surface area contributed by atoms with Crippen LogP contribution in [0.2, 0.25) is 0 Å². The molecular weight excluding hydrogens is 260 g/mol. The van der Waals surface area contributed by atoms with E-state index in [9.17, 15) is 5.11 Å².